The molecule has 11 heteroatoms. The minimum atomic E-state index is -0.706. The van der Waals surface area contributed by atoms with Gasteiger partial charge in [-0.1, -0.05) is 12.1 Å². The number of amides is 2. The summed E-state index contributed by atoms with van der Waals surface area (Å²) >= 11 is 0. The van der Waals surface area contributed by atoms with Crippen molar-refractivity contribution in [1.82, 2.24) is 10.6 Å². The molecule has 0 fully saturated rings. The lowest BCUT2D eigenvalue weighted by Crippen LogP contribution is -2.39. The maximum atomic E-state index is 13.6. The van der Waals surface area contributed by atoms with Crippen molar-refractivity contribution in [3.05, 3.63) is 69.4 Å². The molecule has 3 aromatic carbocycles. The van der Waals surface area contributed by atoms with Crippen LogP contribution in [0.1, 0.15) is 43.0 Å². The molecule has 1 aliphatic carbocycles. The predicted octanol–water partition coefficient (Wildman–Crippen LogP) is 4.04. The highest BCUT2D eigenvalue weighted by Gasteiger charge is 2.29. The molecule has 3 aromatic rings. The highest BCUT2D eigenvalue weighted by atomic mass is 16.5. The summed E-state index contributed by atoms with van der Waals surface area (Å²) in [6.45, 7) is 3.53. The van der Waals surface area contributed by atoms with E-state index in [1.807, 2.05) is 30.3 Å². The van der Waals surface area contributed by atoms with Crippen molar-refractivity contribution < 1.29 is 33.3 Å². The molecular formula is C34H41N3O8. The van der Waals surface area contributed by atoms with Crippen molar-refractivity contribution in [3.63, 3.8) is 0 Å². The van der Waals surface area contributed by atoms with Gasteiger partial charge < -0.3 is 39.6 Å². The number of benzene rings is 2. The van der Waals surface area contributed by atoms with Gasteiger partial charge in [-0.25, -0.2) is 0 Å². The monoisotopic (exact) mass is 619 g/mol. The van der Waals surface area contributed by atoms with E-state index >= 15 is 0 Å². The first-order valence-corrected chi connectivity index (χ1v) is 14.7. The quantitative estimate of drug-likeness (QED) is 0.275. The van der Waals surface area contributed by atoms with Gasteiger partial charge in [-0.3, -0.25) is 14.4 Å². The van der Waals surface area contributed by atoms with Gasteiger partial charge in [-0.15, -0.1) is 0 Å². The summed E-state index contributed by atoms with van der Waals surface area (Å²) < 4.78 is 27.7. The van der Waals surface area contributed by atoms with E-state index in [2.05, 4.69) is 16.0 Å². The van der Waals surface area contributed by atoms with Crippen LogP contribution in [-0.2, 0) is 22.4 Å². The largest absolute Gasteiger partial charge is 0.493 e. The van der Waals surface area contributed by atoms with E-state index in [4.69, 9.17) is 23.7 Å². The molecule has 0 radical (unpaired) electrons. The van der Waals surface area contributed by atoms with Gasteiger partial charge >= 0.3 is 0 Å². The zero-order chi connectivity index (χ0) is 32.7. The summed E-state index contributed by atoms with van der Waals surface area (Å²) in [5.74, 6) is 2.19. The number of ether oxygens (including phenoxy) is 5. The highest BCUT2D eigenvalue weighted by Crippen LogP contribution is 2.50. The molecule has 0 spiro atoms. The Kier molecular flexibility index (Phi) is 10.8. The second-order valence-electron chi connectivity index (χ2n) is 10.7. The molecule has 4 rings (SSSR count). The minimum Gasteiger partial charge on any atom is -0.493 e. The fraction of sp³-hybridized carbons (Fsp3) is 0.382. The van der Waals surface area contributed by atoms with E-state index in [9.17, 15) is 14.4 Å². The van der Waals surface area contributed by atoms with E-state index in [1.165, 1.54) is 20.1 Å². The normalized spacial score (nSPS) is 14.1. The zero-order valence-corrected chi connectivity index (χ0v) is 26.8. The van der Waals surface area contributed by atoms with Crippen LogP contribution < -0.4 is 45.1 Å². The average Bonchev–Trinajstić information content (AvgIpc) is 3.27. The van der Waals surface area contributed by atoms with Gasteiger partial charge in [0, 0.05) is 19.0 Å². The first kappa shape index (κ1) is 33.0. The predicted molar refractivity (Wildman–Crippen MR) is 172 cm³/mol. The van der Waals surface area contributed by atoms with Gasteiger partial charge in [-0.05, 0) is 78.8 Å². The van der Waals surface area contributed by atoms with Crippen LogP contribution in [0.5, 0.6) is 28.7 Å². The third-order valence-corrected chi connectivity index (χ3v) is 7.84. The molecule has 2 amide bonds. The minimum absolute atomic E-state index is 0.213. The van der Waals surface area contributed by atoms with Crippen LogP contribution in [0.4, 0.5) is 5.69 Å². The molecule has 11 nitrogen and oxygen atoms in total. The number of hydrogen-bond donors (Lipinski definition) is 3. The fourth-order valence-corrected chi connectivity index (χ4v) is 5.65. The third kappa shape index (κ3) is 7.25. The smallest absolute Gasteiger partial charge is 0.242 e. The fourth-order valence-electron chi connectivity index (χ4n) is 5.65. The number of methoxy groups -OCH3 is 5. The van der Waals surface area contributed by atoms with Crippen LogP contribution in [-0.4, -0.2) is 59.9 Å². The topological polar surface area (TPSA) is 133 Å². The standard InChI is InChI=1S/C34H41N3O8/c1-19(34(40)35-15-14-21-8-13-28(41-3)29(16-21)42-4)36-26-12-10-23-24(18-27(26)39)25(37-20(2)38)11-9-22-17-30(43-5)32(44-6)33(45-7)31(22)23/h8,10,12-13,16-19,25H,9,11,14-15H2,1-7H3,(H,35,40)(H,36,39)(H,37,38). The number of fused-ring (bicyclic) bond motifs is 3. The lowest BCUT2D eigenvalue weighted by molar-refractivity contribution is -0.121. The van der Waals surface area contributed by atoms with Crippen LogP contribution in [0.25, 0.3) is 11.1 Å². The van der Waals surface area contributed by atoms with Crippen molar-refractivity contribution in [2.45, 2.75) is 45.2 Å². The highest BCUT2D eigenvalue weighted by molar-refractivity contribution is 5.85. The van der Waals surface area contributed by atoms with Crippen LogP contribution >= 0.6 is 0 Å². The summed E-state index contributed by atoms with van der Waals surface area (Å²) in [5, 5.41) is 8.99. The van der Waals surface area contributed by atoms with Gasteiger partial charge in [0.2, 0.25) is 23.0 Å². The van der Waals surface area contributed by atoms with Gasteiger partial charge in [0.15, 0.2) is 23.0 Å². The Morgan fingerprint density at radius 1 is 0.867 bits per heavy atom. The molecule has 45 heavy (non-hydrogen) atoms. The van der Waals surface area contributed by atoms with Gasteiger partial charge in [0.25, 0.3) is 0 Å². The van der Waals surface area contributed by atoms with Crippen LogP contribution in [0, 0.1) is 0 Å². The van der Waals surface area contributed by atoms with Crippen LogP contribution in [0.3, 0.4) is 0 Å². The summed E-state index contributed by atoms with van der Waals surface area (Å²) in [7, 11) is 7.80. The first-order valence-electron chi connectivity index (χ1n) is 14.7. The lowest BCUT2D eigenvalue weighted by Gasteiger charge is -2.19. The first-order chi connectivity index (χ1) is 21.6. The zero-order valence-electron chi connectivity index (χ0n) is 26.8. The second-order valence-corrected chi connectivity index (χ2v) is 10.7. The molecule has 0 saturated heterocycles. The van der Waals surface area contributed by atoms with E-state index in [-0.39, 0.29) is 22.9 Å². The summed E-state index contributed by atoms with van der Waals surface area (Å²) in [4.78, 5) is 38.8. The van der Waals surface area contributed by atoms with Crippen molar-refractivity contribution in [3.8, 4) is 39.9 Å². The van der Waals surface area contributed by atoms with Gasteiger partial charge in [0.1, 0.15) is 6.04 Å². The molecule has 2 atom stereocenters. The number of carbonyl (C=O) groups excluding carboxylic acids is 2. The molecule has 2 unspecified atom stereocenters. The number of hydrogen-bond acceptors (Lipinski definition) is 9. The van der Waals surface area contributed by atoms with Crippen molar-refractivity contribution >= 4 is 17.5 Å². The number of carbonyl (C=O) groups is 2. The molecule has 0 aliphatic heterocycles. The second kappa shape index (κ2) is 14.7. The SMILES string of the molecule is COc1ccc(CCNC(=O)C(C)Nc2ccc3c(cc2=O)C(NC(C)=O)CCc2cc(OC)c(OC)c(OC)c2-3)cc1OC. The number of rotatable bonds is 12. The lowest BCUT2D eigenvalue weighted by atomic mass is 9.95. The molecule has 1 aliphatic rings. The molecule has 0 saturated carbocycles. The number of anilines is 1. The van der Waals surface area contributed by atoms with Gasteiger partial charge in [-0.2, -0.15) is 0 Å². The maximum absolute atomic E-state index is 13.6. The molecular weight excluding hydrogens is 578 g/mol. The Labute approximate surface area is 263 Å². The Hall–Kier alpha value is -4.93. The molecule has 0 aromatic heterocycles. The molecule has 0 heterocycles. The Bertz CT molecular complexity index is 1620. The Morgan fingerprint density at radius 2 is 1.58 bits per heavy atom. The van der Waals surface area contributed by atoms with Crippen molar-refractivity contribution in [1.29, 1.82) is 0 Å². The van der Waals surface area contributed by atoms with Crippen molar-refractivity contribution in [2.75, 3.05) is 47.4 Å². The van der Waals surface area contributed by atoms with Crippen molar-refractivity contribution in [2.24, 2.45) is 0 Å². The van der Waals surface area contributed by atoms with E-state index in [0.717, 1.165) is 16.7 Å². The Morgan fingerprint density at radius 3 is 2.22 bits per heavy atom. The summed E-state index contributed by atoms with van der Waals surface area (Å²) in [6.07, 6.45) is 1.72. The molecule has 240 valence electrons. The molecule has 0 bridgehead atoms. The molecule has 3 N–H and O–H groups in total. The van der Waals surface area contributed by atoms with Crippen LogP contribution in [0.2, 0.25) is 0 Å². The summed E-state index contributed by atoms with van der Waals surface area (Å²) in [6, 6.07) is 11.4. The number of nitrogens with one attached hydrogen (secondary N) is 3. The third-order valence-electron chi connectivity index (χ3n) is 7.84. The summed E-state index contributed by atoms with van der Waals surface area (Å²) in [5.41, 5.74) is 3.92. The van der Waals surface area contributed by atoms with Gasteiger partial charge in [0.05, 0.1) is 47.3 Å². The van der Waals surface area contributed by atoms with Crippen LogP contribution in [0.15, 0.2) is 47.3 Å². The number of aryl methyl sites for hydroxylation is 1. The average molecular weight is 620 g/mol. The van der Waals surface area contributed by atoms with E-state index in [1.54, 1.807) is 41.4 Å². The Balaban J connectivity index is 1.63. The van der Waals surface area contributed by atoms with E-state index < -0.39 is 12.1 Å². The maximum Gasteiger partial charge on any atom is 0.242 e. The van der Waals surface area contributed by atoms with E-state index in [0.29, 0.717) is 65.7 Å².